The summed E-state index contributed by atoms with van der Waals surface area (Å²) >= 11 is 0. The third-order valence-corrected chi connectivity index (χ3v) is 6.35. The zero-order chi connectivity index (χ0) is 26.2. The number of nitrogens with two attached hydrogens (primary N) is 1. The number of H-pyrrole nitrogens is 1. The molecule has 0 saturated carbocycles. The summed E-state index contributed by atoms with van der Waals surface area (Å²) in [6.07, 6.45) is 2.03. The first kappa shape index (κ1) is 27.2. The zero-order valence-corrected chi connectivity index (χ0v) is 21.4. The van der Waals surface area contributed by atoms with E-state index in [0.29, 0.717) is 39.0 Å². The van der Waals surface area contributed by atoms with Crippen molar-refractivity contribution in [3.63, 3.8) is 0 Å². The molecule has 1 fully saturated rings. The Kier molecular flexibility index (Phi) is 9.46. The Morgan fingerprint density at radius 1 is 1.22 bits per heavy atom. The van der Waals surface area contributed by atoms with Gasteiger partial charge in [-0.25, -0.2) is 4.79 Å². The van der Waals surface area contributed by atoms with Gasteiger partial charge in [0.1, 0.15) is 5.82 Å². The molecule has 2 amide bonds. The molecule has 1 atom stereocenters. The number of aromatic nitrogens is 2. The molecule has 10 heteroatoms. The Hall–Kier alpha value is -3.40. The number of nitrogens with zero attached hydrogens (tertiary/aromatic N) is 3. The van der Waals surface area contributed by atoms with Gasteiger partial charge in [0.2, 0.25) is 11.8 Å². The molecule has 1 aliphatic heterocycles. The number of carbonyl (C=O) groups is 2. The number of piperidine rings is 1. The molecule has 1 unspecified atom stereocenters. The van der Waals surface area contributed by atoms with Crippen molar-refractivity contribution in [2.75, 3.05) is 44.0 Å². The molecule has 1 aliphatic rings. The molecule has 1 aromatic carbocycles. The van der Waals surface area contributed by atoms with Gasteiger partial charge in [-0.05, 0) is 30.7 Å². The lowest BCUT2D eigenvalue weighted by Gasteiger charge is -2.35. The monoisotopic (exact) mass is 499 g/mol. The molecule has 1 saturated heterocycles. The van der Waals surface area contributed by atoms with E-state index in [-0.39, 0.29) is 48.7 Å². The van der Waals surface area contributed by atoms with E-state index in [1.54, 1.807) is 12.0 Å². The second-order valence-electron chi connectivity index (χ2n) is 9.68. The van der Waals surface area contributed by atoms with Gasteiger partial charge in [-0.15, -0.1) is 0 Å². The maximum Gasteiger partial charge on any atom is 0.330 e. The first-order valence-electron chi connectivity index (χ1n) is 12.5. The Morgan fingerprint density at radius 3 is 2.61 bits per heavy atom. The van der Waals surface area contributed by atoms with Gasteiger partial charge in [0.25, 0.3) is 5.56 Å². The van der Waals surface area contributed by atoms with Crippen molar-refractivity contribution in [1.29, 1.82) is 0 Å². The van der Waals surface area contributed by atoms with Crippen LogP contribution in [0.5, 0.6) is 0 Å². The number of hydrogen-bond acceptors (Lipinski definition) is 6. The van der Waals surface area contributed by atoms with Gasteiger partial charge in [0, 0.05) is 39.9 Å². The van der Waals surface area contributed by atoms with Crippen LogP contribution in [-0.2, 0) is 27.3 Å². The molecule has 2 aromatic rings. The van der Waals surface area contributed by atoms with Crippen LogP contribution < -0.4 is 21.9 Å². The Morgan fingerprint density at radius 2 is 1.94 bits per heavy atom. The highest BCUT2D eigenvalue weighted by Crippen LogP contribution is 2.25. The number of amides is 2. The van der Waals surface area contributed by atoms with Crippen molar-refractivity contribution in [3.8, 4) is 0 Å². The predicted octanol–water partition coefficient (Wildman–Crippen LogP) is 1.63. The molecule has 196 valence electrons. The first-order valence-corrected chi connectivity index (χ1v) is 12.5. The number of anilines is 2. The van der Waals surface area contributed by atoms with Gasteiger partial charge in [0.05, 0.1) is 12.3 Å². The molecule has 3 rings (SSSR count). The van der Waals surface area contributed by atoms with E-state index in [0.717, 1.165) is 5.56 Å². The standard InChI is InChI=1S/C26H37N5O5/c1-18(2)16-31-23(27)22(24(33)28-26(31)35)30(13-8-14-36-3)25(34)20-11-7-12-29(17-20)21(32)15-19-9-5-4-6-10-19/h4-6,9-10,18,20H,7-8,11-17,27H2,1-3H3,(H,28,33,35). The van der Waals surface area contributed by atoms with Crippen LogP contribution in [-0.4, -0.2) is 59.6 Å². The van der Waals surface area contributed by atoms with Gasteiger partial charge < -0.3 is 20.3 Å². The Labute approximate surface area is 211 Å². The van der Waals surface area contributed by atoms with Gasteiger partial charge in [-0.2, -0.15) is 0 Å². The van der Waals surface area contributed by atoms with E-state index in [1.807, 2.05) is 44.2 Å². The van der Waals surface area contributed by atoms with Crippen molar-refractivity contribution >= 4 is 23.3 Å². The molecule has 0 radical (unpaired) electrons. The summed E-state index contributed by atoms with van der Waals surface area (Å²) in [5.41, 5.74) is 5.92. The fourth-order valence-electron chi connectivity index (χ4n) is 4.59. The normalized spacial score (nSPS) is 15.8. The van der Waals surface area contributed by atoms with E-state index in [1.165, 1.54) is 9.47 Å². The summed E-state index contributed by atoms with van der Waals surface area (Å²) in [4.78, 5) is 57.5. The number of hydrogen-bond donors (Lipinski definition) is 2. The summed E-state index contributed by atoms with van der Waals surface area (Å²) in [7, 11) is 1.56. The van der Waals surface area contributed by atoms with Crippen LogP contribution in [0.1, 0.15) is 38.7 Å². The van der Waals surface area contributed by atoms with E-state index in [9.17, 15) is 19.2 Å². The van der Waals surface area contributed by atoms with Crippen LogP contribution in [0.15, 0.2) is 39.9 Å². The molecule has 2 heterocycles. The van der Waals surface area contributed by atoms with Crippen molar-refractivity contribution in [2.24, 2.45) is 11.8 Å². The minimum absolute atomic E-state index is 0.0240. The third kappa shape index (κ3) is 6.63. The van der Waals surface area contributed by atoms with Gasteiger partial charge >= 0.3 is 5.69 Å². The van der Waals surface area contributed by atoms with Gasteiger partial charge in [-0.1, -0.05) is 44.2 Å². The molecular formula is C26H37N5O5. The lowest BCUT2D eigenvalue weighted by Crippen LogP contribution is -2.49. The molecule has 3 N–H and O–H groups in total. The van der Waals surface area contributed by atoms with Crippen LogP contribution in [0.25, 0.3) is 0 Å². The van der Waals surface area contributed by atoms with Gasteiger partial charge in [-0.3, -0.25) is 23.9 Å². The highest BCUT2D eigenvalue weighted by Gasteiger charge is 2.34. The van der Waals surface area contributed by atoms with Crippen molar-refractivity contribution < 1.29 is 14.3 Å². The summed E-state index contributed by atoms with van der Waals surface area (Å²) in [5.74, 6) is -0.729. The van der Waals surface area contributed by atoms with Crippen molar-refractivity contribution in [3.05, 3.63) is 56.7 Å². The maximum atomic E-state index is 13.8. The summed E-state index contributed by atoms with van der Waals surface area (Å²) in [6.45, 7) is 5.62. The molecule has 1 aromatic heterocycles. The number of carbonyl (C=O) groups excluding carboxylic acids is 2. The second-order valence-corrected chi connectivity index (χ2v) is 9.68. The third-order valence-electron chi connectivity index (χ3n) is 6.35. The van der Waals surface area contributed by atoms with E-state index in [2.05, 4.69) is 4.98 Å². The first-order chi connectivity index (χ1) is 17.2. The van der Waals surface area contributed by atoms with Crippen molar-refractivity contribution in [2.45, 2.75) is 46.1 Å². The second kappa shape index (κ2) is 12.5. The highest BCUT2D eigenvalue weighted by atomic mass is 16.5. The number of methoxy groups -OCH3 is 1. The number of nitrogens with one attached hydrogen (secondary N) is 1. The lowest BCUT2D eigenvalue weighted by molar-refractivity contribution is -0.134. The topological polar surface area (TPSA) is 131 Å². The van der Waals surface area contributed by atoms with Crippen LogP contribution in [0.2, 0.25) is 0 Å². The van der Waals surface area contributed by atoms with E-state index in [4.69, 9.17) is 10.5 Å². The van der Waals surface area contributed by atoms with Gasteiger partial charge in [0.15, 0.2) is 5.69 Å². The fourth-order valence-corrected chi connectivity index (χ4v) is 4.59. The average molecular weight is 500 g/mol. The fraction of sp³-hybridized carbons (Fsp3) is 0.538. The SMILES string of the molecule is COCCCN(C(=O)C1CCCN(C(=O)Cc2ccccc2)C1)c1c(N)n(CC(C)C)c(=O)[nH]c1=O. The number of ether oxygens (including phenoxy) is 1. The largest absolute Gasteiger partial charge is 0.385 e. The van der Waals surface area contributed by atoms with E-state index >= 15 is 0 Å². The van der Waals surface area contributed by atoms with Crippen LogP contribution >= 0.6 is 0 Å². The van der Waals surface area contributed by atoms with E-state index < -0.39 is 17.2 Å². The number of nitrogen functional groups attached to an aromatic ring is 1. The minimum atomic E-state index is -0.698. The minimum Gasteiger partial charge on any atom is -0.385 e. The number of likely N-dealkylation sites (tertiary alicyclic amines) is 1. The summed E-state index contributed by atoms with van der Waals surface area (Å²) in [6, 6.07) is 9.50. The molecular weight excluding hydrogens is 462 g/mol. The number of rotatable bonds is 10. The average Bonchev–Trinajstić information content (AvgIpc) is 2.85. The quantitative estimate of drug-likeness (QED) is 0.478. The van der Waals surface area contributed by atoms with Crippen molar-refractivity contribution in [1.82, 2.24) is 14.5 Å². The molecule has 0 bridgehead atoms. The highest BCUT2D eigenvalue weighted by molar-refractivity contribution is 5.97. The molecule has 10 nitrogen and oxygen atoms in total. The lowest BCUT2D eigenvalue weighted by atomic mass is 9.95. The van der Waals surface area contributed by atoms with Crippen LogP contribution in [0.4, 0.5) is 11.5 Å². The Balaban J connectivity index is 1.87. The summed E-state index contributed by atoms with van der Waals surface area (Å²) < 4.78 is 6.45. The predicted molar refractivity (Wildman–Crippen MR) is 139 cm³/mol. The Bertz CT molecular complexity index is 1160. The zero-order valence-electron chi connectivity index (χ0n) is 21.4. The molecule has 0 aliphatic carbocycles. The summed E-state index contributed by atoms with van der Waals surface area (Å²) in [5, 5.41) is 0. The van der Waals surface area contributed by atoms with Crippen LogP contribution in [0, 0.1) is 11.8 Å². The number of benzene rings is 1. The molecule has 0 spiro atoms. The smallest absolute Gasteiger partial charge is 0.330 e. The number of aromatic amines is 1. The maximum absolute atomic E-state index is 13.8. The van der Waals surface area contributed by atoms with Crippen LogP contribution in [0.3, 0.4) is 0 Å². The molecule has 36 heavy (non-hydrogen) atoms.